The lowest BCUT2D eigenvalue weighted by Crippen LogP contribution is -2.00. The minimum absolute atomic E-state index is 0.608. The second-order valence-electron chi connectivity index (χ2n) is 2.67. The molecule has 0 aromatic carbocycles. The highest BCUT2D eigenvalue weighted by atomic mass is 16.3. The molecule has 0 aliphatic heterocycles. The van der Waals surface area contributed by atoms with Gasteiger partial charge in [0.05, 0.1) is 12.8 Å². The molecule has 0 bridgehead atoms. The molecule has 68 valence electrons. The number of anilines is 1. The summed E-state index contributed by atoms with van der Waals surface area (Å²) in [5.41, 5.74) is 0. The van der Waals surface area contributed by atoms with E-state index in [-0.39, 0.29) is 0 Å². The molecule has 2 aromatic rings. The van der Waals surface area contributed by atoms with Gasteiger partial charge in [-0.15, -0.1) is 5.10 Å². The Morgan fingerprint density at radius 2 is 2.54 bits per heavy atom. The third-order valence-corrected chi connectivity index (χ3v) is 1.60. The number of rotatable bonds is 3. The van der Waals surface area contributed by atoms with E-state index >= 15 is 0 Å². The van der Waals surface area contributed by atoms with Crippen molar-refractivity contribution in [2.24, 2.45) is 7.05 Å². The first-order valence-electron chi connectivity index (χ1n) is 3.96. The molecule has 2 rings (SSSR count). The number of hydrogen-bond donors (Lipinski definition) is 1. The highest BCUT2D eigenvalue weighted by Gasteiger charge is 1.98. The Labute approximate surface area is 75.4 Å². The van der Waals surface area contributed by atoms with Gasteiger partial charge in [0.1, 0.15) is 12.1 Å². The molecule has 0 aliphatic rings. The van der Waals surface area contributed by atoms with E-state index in [1.54, 1.807) is 17.3 Å². The van der Waals surface area contributed by atoms with E-state index in [2.05, 4.69) is 15.4 Å². The van der Waals surface area contributed by atoms with Crippen LogP contribution in [0.1, 0.15) is 5.76 Å². The van der Waals surface area contributed by atoms with Crippen LogP contribution in [-0.2, 0) is 13.6 Å². The van der Waals surface area contributed by atoms with Gasteiger partial charge >= 0.3 is 0 Å². The Morgan fingerprint density at radius 1 is 1.62 bits per heavy atom. The van der Waals surface area contributed by atoms with Crippen LogP contribution in [0.4, 0.5) is 5.95 Å². The largest absolute Gasteiger partial charge is 0.467 e. The standard InChI is InChI=1S/C8H10N4O/c1-12-6-10-8(11-12)9-5-7-3-2-4-13-7/h2-4,6H,5H2,1H3,(H,9,11). The Balaban J connectivity index is 1.93. The van der Waals surface area contributed by atoms with Gasteiger partial charge in [-0.3, -0.25) is 4.68 Å². The van der Waals surface area contributed by atoms with Crippen molar-refractivity contribution in [2.75, 3.05) is 5.32 Å². The topological polar surface area (TPSA) is 55.9 Å². The molecule has 5 heteroatoms. The molecule has 0 fully saturated rings. The number of furan rings is 1. The van der Waals surface area contributed by atoms with E-state index in [1.165, 1.54) is 0 Å². The normalized spacial score (nSPS) is 10.2. The average molecular weight is 178 g/mol. The minimum atomic E-state index is 0.608. The van der Waals surface area contributed by atoms with Gasteiger partial charge in [-0.05, 0) is 12.1 Å². The van der Waals surface area contributed by atoms with Gasteiger partial charge in [-0.2, -0.15) is 0 Å². The molecule has 2 aromatic heterocycles. The fourth-order valence-electron chi connectivity index (χ4n) is 1.000. The molecule has 0 saturated heterocycles. The molecule has 0 radical (unpaired) electrons. The number of aryl methyl sites for hydroxylation is 1. The molecule has 0 spiro atoms. The highest BCUT2D eigenvalue weighted by Crippen LogP contribution is 2.03. The maximum Gasteiger partial charge on any atom is 0.242 e. The number of nitrogens with zero attached hydrogens (tertiary/aromatic N) is 3. The van der Waals surface area contributed by atoms with Crippen molar-refractivity contribution in [1.29, 1.82) is 0 Å². The van der Waals surface area contributed by atoms with E-state index in [0.717, 1.165) is 5.76 Å². The van der Waals surface area contributed by atoms with Gasteiger partial charge in [-0.25, -0.2) is 4.98 Å². The Kier molecular flexibility index (Phi) is 1.99. The first-order chi connectivity index (χ1) is 6.34. The van der Waals surface area contributed by atoms with Crippen LogP contribution >= 0.6 is 0 Å². The van der Waals surface area contributed by atoms with Crippen LogP contribution in [0.5, 0.6) is 0 Å². The van der Waals surface area contributed by atoms with Crippen molar-refractivity contribution in [1.82, 2.24) is 14.8 Å². The third-order valence-electron chi connectivity index (χ3n) is 1.60. The molecule has 13 heavy (non-hydrogen) atoms. The van der Waals surface area contributed by atoms with E-state index in [4.69, 9.17) is 4.42 Å². The molecular formula is C8H10N4O. The van der Waals surface area contributed by atoms with E-state index in [9.17, 15) is 0 Å². The minimum Gasteiger partial charge on any atom is -0.467 e. The summed E-state index contributed by atoms with van der Waals surface area (Å²) in [6.45, 7) is 0.608. The number of hydrogen-bond acceptors (Lipinski definition) is 4. The molecule has 1 N–H and O–H groups in total. The zero-order chi connectivity index (χ0) is 9.10. The first kappa shape index (κ1) is 7.85. The Hall–Kier alpha value is -1.78. The molecule has 0 saturated carbocycles. The summed E-state index contributed by atoms with van der Waals surface area (Å²) < 4.78 is 6.78. The molecule has 0 atom stereocenters. The van der Waals surface area contributed by atoms with Crippen LogP contribution in [0.2, 0.25) is 0 Å². The predicted octanol–water partition coefficient (Wildman–Crippen LogP) is 1.02. The van der Waals surface area contributed by atoms with Crippen molar-refractivity contribution >= 4 is 5.95 Å². The SMILES string of the molecule is Cn1cnc(NCc2ccco2)n1. The van der Waals surface area contributed by atoms with Crippen LogP contribution in [0.25, 0.3) is 0 Å². The summed E-state index contributed by atoms with van der Waals surface area (Å²) in [5, 5.41) is 7.09. The van der Waals surface area contributed by atoms with Crippen molar-refractivity contribution < 1.29 is 4.42 Å². The predicted molar refractivity (Wildman–Crippen MR) is 47.0 cm³/mol. The molecule has 0 unspecified atom stereocenters. The molecule has 0 amide bonds. The maximum absolute atomic E-state index is 5.14. The van der Waals surface area contributed by atoms with Crippen LogP contribution in [0, 0.1) is 0 Å². The van der Waals surface area contributed by atoms with Crippen molar-refractivity contribution in [2.45, 2.75) is 6.54 Å². The molecular weight excluding hydrogens is 168 g/mol. The first-order valence-corrected chi connectivity index (χ1v) is 3.96. The van der Waals surface area contributed by atoms with Gasteiger partial charge in [0.2, 0.25) is 5.95 Å². The van der Waals surface area contributed by atoms with E-state index in [1.807, 2.05) is 19.2 Å². The lowest BCUT2D eigenvalue weighted by molar-refractivity contribution is 0.517. The second-order valence-corrected chi connectivity index (χ2v) is 2.67. The van der Waals surface area contributed by atoms with Gasteiger partial charge in [0.15, 0.2) is 0 Å². The molecule has 2 heterocycles. The quantitative estimate of drug-likeness (QED) is 0.762. The Morgan fingerprint density at radius 3 is 3.15 bits per heavy atom. The zero-order valence-electron chi connectivity index (χ0n) is 7.27. The summed E-state index contributed by atoms with van der Waals surface area (Å²) in [7, 11) is 1.82. The fourth-order valence-corrected chi connectivity index (χ4v) is 1.000. The van der Waals surface area contributed by atoms with E-state index < -0.39 is 0 Å². The van der Waals surface area contributed by atoms with Gasteiger partial charge in [-0.1, -0.05) is 0 Å². The van der Waals surface area contributed by atoms with Crippen LogP contribution in [0.3, 0.4) is 0 Å². The van der Waals surface area contributed by atoms with Gasteiger partial charge in [0.25, 0.3) is 0 Å². The summed E-state index contributed by atoms with van der Waals surface area (Å²) in [5.74, 6) is 1.48. The van der Waals surface area contributed by atoms with Gasteiger partial charge in [0, 0.05) is 7.05 Å². The van der Waals surface area contributed by atoms with E-state index in [0.29, 0.717) is 12.5 Å². The monoisotopic (exact) mass is 178 g/mol. The second kappa shape index (κ2) is 3.30. The summed E-state index contributed by atoms with van der Waals surface area (Å²) in [6, 6.07) is 3.75. The van der Waals surface area contributed by atoms with Crippen molar-refractivity contribution in [3.8, 4) is 0 Å². The average Bonchev–Trinajstić information content (AvgIpc) is 2.71. The summed E-state index contributed by atoms with van der Waals surface area (Å²) in [4.78, 5) is 4.01. The van der Waals surface area contributed by atoms with Crippen LogP contribution in [0.15, 0.2) is 29.1 Å². The van der Waals surface area contributed by atoms with Gasteiger partial charge < -0.3 is 9.73 Å². The number of nitrogens with one attached hydrogen (secondary N) is 1. The Bertz CT molecular complexity index is 365. The lowest BCUT2D eigenvalue weighted by Gasteiger charge is -1.96. The lowest BCUT2D eigenvalue weighted by atomic mass is 10.4. The maximum atomic E-state index is 5.14. The van der Waals surface area contributed by atoms with Crippen molar-refractivity contribution in [3.05, 3.63) is 30.5 Å². The molecule has 5 nitrogen and oxygen atoms in total. The molecule has 0 aliphatic carbocycles. The third kappa shape index (κ3) is 1.87. The summed E-state index contributed by atoms with van der Waals surface area (Å²) >= 11 is 0. The van der Waals surface area contributed by atoms with Crippen LogP contribution < -0.4 is 5.32 Å². The fraction of sp³-hybridized carbons (Fsp3) is 0.250. The highest BCUT2D eigenvalue weighted by molar-refractivity contribution is 5.21. The number of aromatic nitrogens is 3. The smallest absolute Gasteiger partial charge is 0.242 e. The van der Waals surface area contributed by atoms with Crippen LogP contribution in [-0.4, -0.2) is 14.8 Å². The summed E-state index contributed by atoms with van der Waals surface area (Å²) in [6.07, 6.45) is 3.29. The van der Waals surface area contributed by atoms with Crippen molar-refractivity contribution in [3.63, 3.8) is 0 Å². The zero-order valence-corrected chi connectivity index (χ0v) is 7.27.